The van der Waals surface area contributed by atoms with Gasteiger partial charge in [-0.05, 0) is 31.9 Å². The Kier molecular flexibility index (Phi) is 1.57. The number of thiophene rings is 1. The summed E-state index contributed by atoms with van der Waals surface area (Å²) < 4.78 is 0. The van der Waals surface area contributed by atoms with Crippen LogP contribution in [0.3, 0.4) is 0 Å². The van der Waals surface area contributed by atoms with Crippen LogP contribution in [0.4, 0.5) is 0 Å². The molecule has 1 N–H and O–H groups in total. The number of amides is 1. The molecule has 1 amide bonds. The van der Waals surface area contributed by atoms with Crippen LogP contribution in [0, 0.1) is 12.3 Å². The van der Waals surface area contributed by atoms with Gasteiger partial charge in [0.15, 0.2) is 0 Å². The van der Waals surface area contributed by atoms with Crippen molar-refractivity contribution < 1.29 is 4.79 Å². The average molecular weight is 207 g/mol. The molecule has 2 aliphatic rings. The van der Waals surface area contributed by atoms with Crippen molar-refractivity contribution in [1.29, 1.82) is 0 Å². The maximum atomic E-state index is 11.5. The minimum absolute atomic E-state index is 0.00269. The Hall–Kier alpha value is -0.830. The highest BCUT2D eigenvalue weighted by molar-refractivity contribution is 7.12. The Morgan fingerprint density at radius 1 is 1.50 bits per heavy atom. The largest absolute Gasteiger partial charge is 0.347 e. The number of hydrogen-bond donors (Lipinski definition) is 1. The number of aryl methyl sites for hydroxylation is 1. The van der Waals surface area contributed by atoms with Gasteiger partial charge in [-0.25, -0.2) is 0 Å². The lowest BCUT2D eigenvalue weighted by Gasteiger charge is -2.54. The van der Waals surface area contributed by atoms with Crippen LogP contribution in [0.1, 0.15) is 35.1 Å². The van der Waals surface area contributed by atoms with Crippen LogP contribution in [0.2, 0.25) is 0 Å². The first kappa shape index (κ1) is 8.48. The number of carbonyl (C=O) groups is 1. The molecule has 1 aliphatic heterocycles. The van der Waals surface area contributed by atoms with Crippen molar-refractivity contribution in [3.63, 3.8) is 0 Å². The molecule has 1 unspecified atom stereocenters. The van der Waals surface area contributed by atoms with Gasteiger partial charge in [0.05, 0.1) is 11.5 Å². The third-order valence-electron chi connectivity index (χ3n) is 3.57. The zero-order chi connectivity index (χ0) is 9.76. The molecule has 0 bridgehead atoms. The van der Waals surface area contributed by atoms with Crippen LogP contribution in [-0.4, -0.2) is 5.91 Å². The first-order chi connectivity index (χ1) is 6.72. The van der Waals surface area contributed by atoms with Crippen LogP contribution in [0.25, 0.3) is 0 Å². The van der Waals surface area contributed by atoms with Crippen molar-refractivity contribution in [2.24, 2.45) is 5.41 Å². The molecular formula is C11H13NOS. The molecule has 1 aromatic rings. The van der Waals surface area contributed by atoms with Crippen LogP contribution >= 0.6 is 11.3 Å². The SMILES string of the molecule is Cc1ccc(C2NC(=O)C23CCC3)s1. The quantitative estimate of drug-likeness (QED) is 0.704. The highest BCUT2D eigenvalue weighted by Gasteiger charge is 2.59. The fourth-order valence-corrected chi connectivity index (χ4v) is 3.54. The molecule has 3 heteroatoms. The van der Waals surface area contributed by atoms with Crippen LogP contribution in [-0.2, 0) is 4.79 Å². The van der Waals surface area contributed by atoms with E-state index < -0.39 is 0 Å². The number of hydrogen-bond acceptors (Lipinski definition) is 2. The second-order valence-corrected chi connectivity index (χ2v) is 5.68. The van der Waals surface area contributed by atoms with Gasteiger partial charge in [0.25, 0.3) is 0 Å². The second-order valence-electron chi connectivity index (χ2n) is 4.36. The van der Waals surface area contributed by atoms with Crippen LogP contribution < -0.4 is 5.32 Å². The minimum Gasteiger partial charge on any atom is -0.347 e. The number of carbonyl (C=O) groups excluding carboxylic acids is 1. The first-order valence-electron chi connectivity index (χ1n) is 5.10. The maximum absolute atomic E-state index is 11.5. The van der Waals surface area contributed by atoms with Gasteiger partial charge in [-0.15, -0.1) is 11.3 Å². The molecule has 1 aliphatic carbocycles. The molecule has 1 atom stereocenters. The first-order valence-corrected chi connectivity index (χ1v) is 5.91. The maximum Gasteiger partial charge on any atom is 0.229 e. The molecule has 14 heavy (non-hydrogen) atoms. The summed E-state index contributed by atoms with van der Waals surface area (Å²) >= 11 is 1.81. The van der Waals surface area contributed by atoms with E-state index in [0.29, 0.717) is 6.04 Å². The van der Waals surface area contributed by atoms with E-state index in [1.165, 1.54) is 16.2 Å². The summed E-state index contributed by atoms with van der Waals surface area (Å²) in [7, 11) is 0. The Bertz CT molecular complexity index is 392. The Labute approximate surface area is 87.3 Å². The van der Waals surface area contributed by atoms with Gasteiger partial charge in [0, 0.05) is 9.75 Å². The van der Waals surface area contributed by atoms with Crippen LogP contribution in [0.15, 0.2) is 12.1 Å². The van der Waals surface area contributed by atoms with E-state index in [1.54, 1.807) is 0 Å². The Morgan fingerprint density at radius 2 is 2.29 bits per heavy atom. The second kappa shape index (κ2) is 2.60. The molecule has 0 aromatic carbocycles. The third-order valence-corrected chi connectivity index (χ3v) is 4.64. The van der Waals surface area contributed by atoms with Crippen LogP contribution in [0.5, 0.6) is 0 Å². The van der Waals surface area contributed by atoms with E-state index in [-0.39, 0.29) is 11.3 Å². The number of rotatable bonds is 1. The third kappa shape index (κ3) is 0.883. The molecule has 1 spiro atoms. The number of nitrogens with one attached hydrogen (secondary N) is 1. The highest BCUT2D eigenvalue weighted by atomic mass is 32.1. The van der Waals surface area contributed by atoms with Gasteiger partial charge >= 0.3 is 0 Å². The van der Waals surface area contributed by atoms with Crippen molar-refractivity contribution in [3.8, 4) is 0 Å². The zero-order valence-electron chi connectivity index (χ0n) is 8.17. The lowest BCUT2D eigenvalue weighted by molar-refractivity contribution is -0.155. The van der Waals surface area contributed by atoms with E-state index in [4.69, 9.17) is 0 Å². The summed E-state index contributed by atoms with van der Waals surface area (Å²) in [6.07, 6.45) is 3.38. The molecule has 2 nitrogen and oxygen atoms in total. The van der Waals surface area contributed by atoms with Gasteiger partial charge in [-0.1, -0.05) is 6.42 Å². The van der Waals surface area contributed by atoms with Crippen molar-refractivity contribution in [1.82, 2.24) is 5.32 Å². The van der Waals surface area contributed by atoms with Gasteiger partial charge in [0.1, 0.15) is 0 Å². The summed E-state index contributed by atoms with van der Waals surface area (Å²) in [5, 5.41) is 3.04. The van der Waals surface area contributed by atoms with Crippen molar-refractivity contribution >= 4 is 17.2 Å². The summed E-state index contributed by atoms with van der Waals surface area (Å²) in [6.45, 7) is 2.11. The Balaban J connectivity index is 1.91. The molecule has 1 saturated carbocycles. The van der Waals surface area contributed by atoms with Gasteiger partial charge in [-0.3, -0.25) is 4.79 Å². The lowest BCUT2D eigenvalue weighted by Crippen LogP contribution is -2.64. The number of β-lactam (4-membered cyclic amide) rings is 1. The van der Waals surface area contributed by atoms with Crippen molar-refractivity contribution in [2.75, 3.05) is 0 Å². The molecular weight excluding hydrogens is 194 g/mol. The Morgan fingerprint density at radius 3 is 2.71 bits per heavy atom. The summed E-state index contributed by atoms with van der Waals surface area (Å²) in [6, 6.07) is 4.61. The summed E-state index contributed by atoms with van der Waals surface area (Å²) in [4.78, 5) is 14.2. The molecule has 1 saturated heterocycles. The van der Waals surface area contributed by atoms with E-state index >= 15 is 0 Å². The van der Waals surface area contributed by atoms with E-state index in [0.717, 1.165) is 12.8 Å². The van der Waals surface area contributed by atoms with E-state index in [1.807, 2.05) is 11.3 Å². The topological polar surface area (TPSA) is 29.1 Å². The predicted molar refractivity (Wildman–Crippen MR) is 56.2 cm³/mol. The highest BCUT2D eigenvalue weighted by Crippen LogP contribution is 2.56. The molecule has 3 rings (SSSR count). The van der Waals surface area contributed by atoms with Gasteiger partial charge in [0.2, 0.25) is 5.91 Å². The minimum atomic E-state index is -0.00269. The predicted octanol–water partition coefficient (Wildman–Crippen LogP) is 2.40. The fraction of sp³-hybridized carbons (Fsp3) is 0.545. The molecule has 1 aromatic heterocycles. The molecule has 2 heterocycles. The molecule has 2 fully saturated rings. The summed E-state index contributed by atoms with van der Waals surface area (Å²) in [5.74, 6) is 0.278. The standard InChI is InChI=1S/C11H13NOS/c1-7-3-4-8(14-7)9-11(5-2-6-11)10(13)12-9/h3-4,9H,2,5-6H2,1H3,(H,12,13). The van der Waals surface area contributed by atoms with Crippen molar-refractivity contribution in [3.05, 3.63) is 21.9 Å². The zero-order valence-corrected chi connectivity index (χ0v) is 8.99. The monoisotopic (exact) mass is 207 g/mol. The lowest BCUT2D eigenvalue weighted by atomic mass is 9.58. The van der Waals surface area contributed by atoms with Gasteiger partial charge in [-0.2, -0.15) is 0 Å². The summed E-state index contributed by atoms with van der Waals surface area (Å²) in [5.41, 5.74) is -0.00269. The van der Waals surface area contributed by atoms with E-state index in [9.17, 15) is 4.79 Å². The molecule has 0 radical (unpaired) electrons. The average Bonchev–Trinajstić information content (AvgIpc) is 2.44. The van der Waals surface area contributed by atoms with Crippen molar-refractivity contribution in [2.45, 2.75) is 32.2 Å². The fourth-order valence-electron chi connectivity index (χ4n) is 2.49. The smallest absolute Gasteiger partial charge is 0.229 e. The normalized spacial score (nSPS) is 28.1. The van der Waals surface area contributed by atoms with Gasteiger partial charge < -0.3 is 5.32 Å². The molecule has 74 valence electrons. The van der Waals surface area contributed by atoms with E-state index in [2.05, 4.69) is 24.4 Å².